The first-order valence-corrected chi connectivity index (χ1v) is 6.48. The van der Waals surface area contributed by atoms with Gasteiger partial charge in [0.05, 0.1) is 0 Å². The molecule has 0 saturated carbocycles. The van der Waals surface area contributed by atoms with E-state index in [2.05, 4.69) is 0 Å². The fourth-order valence-corrected chi connectivity index (χ4v) is 2.00. The molecule has 0 aromatic heterocycles. The highest BCUT2D eigenvalue weighted by atomic mass is 16.4. The summed E-state index contributed by atoms with van der Waals surface area (Å²) in [5.41, 5.74) is 8.53. The molecule has 2 rings (SSSR count). The molecule has 0 saturated heterocycles. The Morgan fingerprint density at radius 2 is 1.40 bits per heavy atom. The van der Waals surface area contributed by atoms with E-state index in [9.17, 15) is 9.90 Å². The minimum absolute atomic E-state index is 0.370. The Hall–Kier alpha value is -2.33. The summed E-state index contributed by atoms with van der Waals surface area (Å²) in [6.45, 7) is 1.25. The van der Waals surface area contributed by atoms with Crippen molar-refractivity contribution in [3.8, 4) is 0 Å². The van der Waals surface area contributed by atoms with Gasteiger partial charge in [-0.3, -0.25) is 4.90 Å². The standard InChI is InChI=1S/C16H18N2O2/c17-10-13-6-8-15(9-7-13)12-18(16(19)20)11-14-4-2-1-3-5-14/h1-9H,10-12,17H2,(H,19,20). The lowest BCUT2D eigenvalue weighted by atomic mass is 10.1. The maximum absolute atomic E-state index is 11.3. The van der Waals surface area contributed by atoms with Crippen molar-refractivity contribution >= 4 is 6.09 Å². The molecule has 2 aromatic carbocycles. The Morgan fingerprint density at radius 3 is 1.90 bits per heavy atom. The van der Waals surface area contributed by atoms with E-state index < -0.39 is 6.09 Å². The molecule has 0 aliphatic heterocycles. The van der Waals surface area contributed by atoms with Crippen LogP contribution < -0.4 is 5.73 Å². The fraction of sp³-hybridized carbons (Fsp3) is 0.188. The summed E-state index contributed by atoms with van der Waals surface area (Å²) in [4.78, 5) is 12.7. The highest BCUT2D eigenvalue weighted by Gasteiger charge is 2.12. The molecule has 104 valence electrons. The number of carboxylic acid groups (broad SMARTS) is 1. The molecular weight excluding hydrogens is 252 g/mol. The first-order chi connectivity index (χ1) is 9.69. The summed E-state index contributed by atoms with van der Waals surface area (Å²) in [6, 6.07) is 17.3. The number of nitrogens with two attached hydrogens (primary N) is 1. The van der Waals surface area contributed by atoms with Gasteiger partial charge in [0.1, 0.15) is 0 Å². The third-order valence-electron chi connectivity index (χ3n) is 3.12. The number of rotatable bonds is 5. The van der Waals surface area contributed by atoms with Crippen molar-refractivity contribution in [3.05, 3.63) is 71.3 Å². The lowest BCUT2D eigenvalue weighted by Gasteiger charge is -2.19. The Kier molecular flexibility index (Phi) is 4.74. The normalized spacial score (nSPS) is 10.2. The largest absolute Gasteiger partial charge is 0.465 e. The molecule has 4 heteroatoms. The highest BCUT2D eigenvalue weighted by Crippen LogP contribution is 2.11. The molecule has 20 heavy (non-hydrogen) atoms. The molecule has 0 heterocycles. The maximum Gasteiger partial charge on any atom is 0.407 e. The average molecular weight is 270 g/mol. The maximum atomic E-state index is 11.3. The van der Waals surface area contributed by atoms with Gasteiger partial charge in [0.15, 0.2) is 0 Å². The second-order valence-electron chi connectivity index (χ2n) is 4.64. The first kappa shape index (κ1) is 14.1. The number of carbonyl (C=O) groups is 1. The number of benzene rings is 2. The molecule has 0 unspecified atom stereocenters. The van der Waals surface area contributed by atoms with Crippen LogP contribution in [0.3, 0.4) is 0 Å². The van der Waals surface area contributed by atoms with Crippen molar-refractivity contribution in [2.75, 3.05) is 0 Å². The monoisotopic (exact) mass is 270 g/mol. The minimum Gasteiger partial charge on any atom is -0.465 e. The lowest BCUT2D eigenvalue weighted by molar-refractivity contribution is 0.139. The van der Waals surface area contributed by atoms with Crippen LogP contribution in [0.5, 0.6) is 0 Å². The van der Waals surface area contributed by atoms with Crippen molar-refractivity contribution in [1.29, 1.82) is 0 Å². The summed E-state index contributed by atoms with van der Waals surface area (Å²) in [5, 5.41) is 9.30. The van der Waals surface area contributed by atoms with E-state index >= 15 is 0 Å². The molecule has 0 aliphatic carbocycles. The van der Waals surface area contributed by atoms with Gasteiger partial charge < -0.3 is 10.8 Å². The Balaban J connectivity index is 2.07. The Bertz CT molecular complexity index is 552. The molecule has 0 bridgehead atoms. The average Bonchev–Trinajstić information content (AvgIpc) is 2.48. The minimum atomic E-state index is -0.920. The molecule has 2 aromatic rings. The SMILES string of the molecule is NCc1ccc(CN(Cc2ccccc2)C(=O)O)cc1. The number of hydrogen-bond acceptors (Lipinski definition) is 2. The van der Waals surface area contributed by atoms with Crippen molar-refractivity contribution in [3.63, 3.8) is 0 Å². The zero-order valence-electron chi connectivity index (χ0n) is 11.2. The molecule has 0 spiro atoms. The summed E-state index contributed by atoms with van der Waals surface area (Å²) in [5.74, 6) is 0. The van der Waals surface area contributed by atoms with Gasteiger partial charge in [0.2, 0.25) is 0 Å². The number of amides is 1. The van der Waals surface area contributed by atoms with Crippen molar-refractivity contribution in [2.24, 2.45) is 5.73 Å². The van der Waals surface area contributed by atoms with Crippen LogP contribution in [-0.2, 0) is 19.6 Å². The summed E-state index contributed by atoms with van der Waals surface area (Å²) in [6.07, 6.45) is -0.920. The third kappa shape index (κ3) is 3.83. The summed E-state index contributed by atoms with van der Waals surface area (Å²) in [7, 11) is 0. The summed E-state index contributed by atoms with van der Waals surface area (Å²) < 4.78 is 0. The van der Waals surface area contributed by atoms with E-state index in [1.54, 1.807) is 0 Å². The molecule has 1 amide bonds. The second kappa shape index (κ2) is 6.73. The molecular formula is C16H18N2O2. The topological polar surface area (TPSA) is 66.6 Å². The van der Waals surface area contributed by atoms with Gasteiger partial charge in [-0.2, -0.15) is 0 Å². The fourth-order valence-electron chi connectivity index (χ4n) is 2.00. The predicted octanol–water partition coefficient (Wildman–Crippen LogP) is 2.83. The van der Waals surface area contributed by atoms with E-state index in [4.69, 9.17) is 5.73 Å². The van der Waals surface area contributed by atoms with Gasteiger partial charge in [-0.05, 0) is 16.7 Å². The quantitative estimate of drug-likeness (QED) is 0.878. The van der Waals surface area contributed by atoms with Gasteiger partial charge in [0.25, 0.3) is 0 Å². The Morgan fingerprint density at radius 1 is 0.900 bits per heavy atom. The van der Waals surface area contributed by atoms with Gasteiger partial charge in [-0.15, -0.1) is 0 Å². The van der Waals surface area contributed by atoms with Crippen LogP contribution in [0.15, 0.2) is 54.6 Å². The molecule has 4 nitrogen and oxygen atoms in total. The molecule has 0 radical (unpaired) electrons. The highest BCUT2D eigenvalue weighted by molar-refractivity contribution is 5.65. The van der Waals surface area contributed by atoms with E-state index in [1.807, 2.05) is 54.6 Å². The van der Waals surface area contributed by atoms with Crippen LogP contribution in [0.1, 0.15) is 16.7 Å². The number of hydrogen-bond donors (Lipinski definition) is 2. The Labute approximate surface area is 118 Å². The molecule has 3 N–H and O–H groups in total. The lowest BCUT2D eigenvalue weighted by Crippen LogP contribution is -2.28. The molecule has 0 aliphatic rings. The summed E-state index contributed by atoms with van der Waals surface area (Å²) >= 11 is 0. The smallest absolute Gasteiger partial charge is 0.407 e. The number of nitrogens with zero attached hydrogens (tertiary/aromatic N) is 1. The van der Waals surface area contributed by atoms with Gasteiger partial charge >= 0.3 is 6.09 Å². The van der Waals surface area contributed by atoms with E-state index in [0.29, 0.717) is 19.6 Å². The van der Waals surface area contributed by atoms with Crippen LogP contribution in [0.2, 0.25) is 0 Å². The van der Waals surface area contributed by atoms with Crippen molar-refractivity contribution < 1.29 is 9.90 Å². The van der Waals surface area contributed by atoms with Crippen LogP contribution in [0.25, 0.3) is 0 Å². The predicted molar refractivity (Wildman–Crippen MR) is 78.0 cm³/mol. The zero-order valence-corrected chi connectivity index (χ0v) is 11.2. The van der Waals surface area contributed by atoms with Crippen LogP contribution in [0.4, 0.5) is 4.79 Å². The van der Waals surface area contributed by atoms with E-state index in [0.717, 1.165) is 16.7 Å². The second-order valence-corrected chi connectivity index (χ2v) is 4.64. The van der Waals surface area contributed by atoms with Crippen molar-refractivity contribution in [2.45, 2.75) is 19.6 Å². The molecule has 0 atom stereocenters. The van der Waals surface area contributed by atoms with E-state index in [-0.39, 0.29) is 0 Å². The van der Waals surface area contributed by atoms with Crippen molar-refractivity contribution in [1.82, 2.24) is 4.90 Å². The van der Waals surface area contributed by atoms with Gasteiger partial charge in [-0.1, -0.05) is 54.6 Å². The van der Waals surface area contributed by atoms with Gasteiger partial charge in [0, 0.05) is 19.6 Å². The van der Waals surface area contributed by atoms with E-state index in [1.165, 1.54) is 4.90 Å². The van der Waals surface area contributed by atoms with Crippen LogP contribution >= 0.6 is 0 Å². The van der Waals surface area contributed by atoms with Gasteiger partial charge in [-0.25, -0.2) is 4.79 Å². The first-order valence-electron chi connectivity index (χ1n) is 6.48. The third-order valence-corrected chi connectivity index (χ3v) is 3.12. The van der Waals surface area contributed by atoms with Crippen LogP contribution in [0, 0.1) is 0 Å². The zero-order chi connectivity index (χ0) is 14.4. The molecule has 0 fully saturated rings. The van der Waals surface area contributed by atoms with Crippen LogP contribution in [-0.4, -0.2) is 16.1 Å².